The Hall–Kier alpha value is -2.51. The molecule has 0 saturated heterocycles. The molecule has 0 radical (unpaired) electrons. The van der Waals surface area contributed by atoms with Crippen molar-refractivity contribution in [3.63, 3.8) is 0 Å². The van der Waals surface area contributed by atoms with Gasteiger partial charge in [0, 0.05) is 36.3 Å². The molecule has 1 aliphatic heterocycles. The van der Waals surface area contributed by atoms with Gasteiger partial charge in [0.1, 0.15) is 17.7 Å². The highest BCUT2D eigenvalue weighted by molar-refractivity contribution is 7.14. The third-order valence-electron chi connectivity index (χ3n) is 4.46. The summed E-state index contributed by atoms with van der Waals surface area (Å²) in [4.78, 5) is 19.0. The summed E-state index contributed by atoms with van der Waals surface area (Å²) in [5.74, 6) is -0.0339. The molecule has 0 bridgehead atoms. The lowest BCUT2D eigenvalue weighted by Gasteiger charge is -2.19. The van der Waals surface area contributed by atoms with E-state index in [4.69, 9.17) is 4.74 Å². The number of imidazole rings is 1. The fourth-order valence-corrected chi connectivity index (χ4v) is 4.16. The molecule has 3 heterocycles. The van der Waals surface area contributed by atoms with Crippen LogP contribution in [0.5, 0.6) is 0 Å². The van der Waals surface area contributed by atoms with E-state index in [1.54, 1.807) is 35.2 Å². The number of rotatable bonds is 4. The van der Waals surface area contributed by atoms with Crippen LogP contribution >= 0.6 is 11.3 Å². The molecule has 1 atom stereocenters. The number of ether oxygens (including phenoxy) is 1. The maximum atomic E-state index is 14.4. The lowest BCUT2D eigenvalue weighted by molar-refractivity contribution is 0.0944. The Kier molecular flexibility index (Phi) is 4.57. The number of hydrogen-bond acceptors (Lipinski definition) is 4. The zero-order valence-corrected chi connectivity index (χ0v) is 15.1. The molecule has 1 amide bonds. The summed E-state index contributed by atoms with van der Waals surface area (Å²) >= 11 is 1.47. The molecule has 1 aliphatic rings. The Morgan fingerprint density at radius 2 is 2.27 bits per heavy atom. The van der Waals surface area contributed by atoms with Crippen molar-refractivity contribution in [2.24, 2.45) is 7.05 Å². The Labute approximate surface area is 154 Å². The van der Waals surface area contributed by atoms with Gasteiger partial charge in [-0.05, 0) is 17.7 Å². The number of amides is 1. The van der Waals surface area contributed by atoms with Gasteiger partial charge in [0.15, 0.2) is 0 Å². The maximum Gasteiger partial charge on any atom is 0.262 e. The second-order valence-electron chi connectivity index (χ2n) is 6.19. The molecule has 4 rings (SSSR count). The van der Waals surface area contributed by atoms with Gasteiger partial charge in [-0.1, -0.05) is 18.2 Å². The second-order valence-corrected chi connectivity index (χ2v) is 7.32. The number of fused-ring (bicyclic) bond motifs is 1. The summed E-state index contributed by atoms with van der Waals surface area (Å²) in [7, 11) is 1.82. The van der Waals surface area contributed by atoms with E-state index in [1.165, 1.54) is 22.3 Å². The van der Waals surface area contributed by atoms with E-state index in [2.05, 4.69) is 10.3 Å². The third kappa shape index (κ3) is 3.15. The quantitative estimate of drug-likeness (QED) is 0.766. The van der Waals surface area contributed by atoms with Gasteiger partial charge < -0.3 is 14.6 Å². The average Bonchev–Trinajstić information content (AvgIpc) is 3.26. The summed E-state index contributed by atoms with van der Waals surface area (Å²) in [6.07, 6.45) is 4.23. The molecule has 1 unspecified atom stereocenters. The van der Waals surface area contributed by atoms with Crippen molar-refractivity contribution < 1.29 is 13.9 Å². The lowest BCUT2D eigenvalue weighted by atomic mass is 10.1. The van der Waals surface area contributed by atoms with Gasteiger partial charge in [-0.15, -0.1) is 11.3 Å². The minimum atomic E-state index is -0.668. The molecule has 1 N–H and O–H groups in total. The smallest absolute Gasteiger partial charge is 0.262 e. The van der Waals surface area contributed by atoms with Crippen LogP contribution in [0, 0.1) is 5.82 Å². The SMILES string of the molecule is Cn1ccnc1C(NC(=O)c1cc2c(s1)CCOC2)c1ccccc1F. The molecule has 2 aromatic heterocycles. The first kappa shape index (κ1) is 16.9. The molecule has 0 spiro atoms. The van der Waals surface area contributed by atoms with Crippen LogP contribution in [0.15, 0.2) is 42.7 Å². The van der Waals surface area contributed by atoms with Crippen LogP contribution < -0.4 is 5.32 Å². The molecule has 26 heavy (non-hydrogen) atoms. The molecule has 0 fully saturated rings. The Bertz CT molecular complexity index is 926. The zero-order valence-electron chi connectivity index (χ0n) is 14.2. The number of thiophene rings is 1. The predicted octanol–water partition coefficient (Wildman–Crippen LogP) is 3.21. The van der Waals surface area contributed by atoms with Crippen molar-refractivity contribution in [3.05, 3.63) is 75.2 Å². The van der Waals surface area contributed by atoms with Crippen molar-refractivity contribution in [2.45, 2.75) is 19.1 Å². The van der Waals surface area contributed by atoms with Crippen molar-refractivity contribution in [1.82, 2.24) is 14.9 Å². The van der Waals surface area contributed by atoms with E-state index in [1.807, 2.05) is 13.1 Å². The fraction of sp³-hybridized carbons (Fsp3) is 0.263. The maximum absolute atomic E-state index is 14.4. The Morgan fingerprint density at radius 3 is 3.00 bits per heavy atom. The van der Waals surface area contributed by atoms with Crippen LogP contribution in [-0.4, -0.2) is 22.1 Å². The molecular weight excluding hydrogens is 353 g/mol. The molecule has 1 aromatic carbocycles. The molecule has 0 aliphatic carbocycles. The van der Waals surface area contributed by atoms with Crippen LogP contribution in [0.3, 0.4) is 0 Å². The van der Waals surface area contributed by atoms with Crippen molar-refractivity contribution in [3.8, 4) is 0 Å². The summed E-state index contributed by atoms with van der Waals surface area (Å²) in [5.41, 5.74) is 1.45. The number of carbonyl (C=O) groups excluding carboxylic acids is 1. The topological polar surface area (TPSA) is 56.2 Å². The van der Waals surface area contributed by atoms with Gasteiger partial charge in [-0.2, -0.15) is 0 Å². The number of hydrogen-bond donors (Lipinski definition) is 1. The van der Waals surface area contributed by atoms with Gasteiger partial charge in [0.2, 0.25) is 0 Å². The van der Waals surface area contributed by atoms with E-state index in [-0.39, 0.29) is 11.7 Å². The summed E-state index contributed by atoms with van der Waals surface area (Å²) in [5, 5.41) is 2.95. The first-order chi connectivity index (χ1) is 12.6. The van der Waals surface area contributed by atoms with Gasteiger partial charge in [-0.3, -0.25) is 4.79 Å². The summed E-state index contributed by atoms with van der Waals surface area (Å²) in [6, 6.07) is 7.64. The minimum absolute atomic E-state index is 0.236. The predicted molar refractivity (Wildman–Crippen MR) is 96.6 cm³/mol. The molecule has 5 nitrogen and oxygen atoms in total. The van der Waals surface area contributed by atoms with Crippen LogP contribution in [0.4, 0.5) is 4.39 Å². The number of nitrogens with one attached hydrogen (secondary N) is 1. The molecule has 134 valence electrons. The standard InChI is InChI=1S/C19H18FN3O2S/c1-23-8-7-21-18(23)17(13-4-2-3-5-14(13)20)22-19(24)16-10-12-11-25-9-6-15(12)26-16/h2-5,7-8,10,17H,6,9,11H2,1H3,(H,22,24). The normalized spacial score (nSPS) is 14.7. The molecular formula is C19H18FN3O2S. The first-order valence-electron chi connectivity index (χ1n) is 8.35. The minimum Gasteiger partial charge on any atom is -0.376 e. The van der Waals surface area contributed by atoms with Crippen molar-refractivity contribution >= 4 is 17.2 Å². The van der Waals surface area contributed by atoms with Gasteiger partial charge in [0.25, 0.3) is 5.91 Å². The van der Waals surface area contributed by atoms with Gasteiger partial charge in [0.05, 0.1) is 18.1 Å². The lowest BCUT2D eigenvalue weighted by Crippen LogP contribution is -2.31. The monoisotopic (exact) mass is 371 g/mol. The van der Waals surface area contributed by atoms with Gasteiger partial charge in [-0.25, -0.2) is 9.37 Å². The largest absolute Gasteiger partial charge is 0.376 e. The Balaban J connectivity index is 1.67. The summed E-state index contributed by atoms with van der Waals surface area (Å²) < 4.78 is 21.6. The van der Waals surface area contributed by atoms with Crippen LogP contribution in [-0.2, 0) is 24.8 Å². The Morgan fingerprint density at radius 1 is 1.42 bits per heavy atom. The number of benzene rings is 1. The van der Waals surface area contributed by atoms with Crippen molar-refractivity contribution in [2.75, 3.05) is 6.61 Å². The first-order valence-corrected chi connectivity index (χ1v) is 9.17. The number of aromatic nitrogens is 2. The third-order valence-corrected chi connectivity index (χ3v) is 5.70. The van der Waals surface area contributed by atoms with E-state index >= 15 is 0 Å². The molecule has 3 aromatic rings. The highest BCUT2D eigenvalue weighted by Crippen LogP contribution is 2.29. The van der Waals surface area contributed by atoms with E-state index < -0.39 is 6.04 Å². The van der Waals surface area contributed by atoms with Crippen LogP contribution in [0.1, 0.15) is 37.5 Å². The molecule has 0 saturated carbocycles. The number of aryl methyl sites for hydroxylation is 1. The van der Waals surface area contributed by atoms with E-state index in [0.717, 1.165) is 12.0 Å². The molecule has 7 heteroatoms. The number of carbonyl (C=O) groups is 1. The summed E-state index contributed by atoms with van der Waals surface area (Å²) in [6.45, 7) is 1.22. The number of nitrogens with zero attached hydrogens (tertiary/aromatic N) is 2. The van der Waals surface area contributed by atoms with Crippen molar-refractivity contribution in [1.29, 1.82) is 0 Å². The van der Waals surface area contributed by atoms with E-state index in [0.29, 0.717) is 29.5 Å². The zero-order chi connectivity index (χ0) is 18.1. The van der Waals surface area contributed by atoms with Gasteiger partial charge >= 0.3 is 0 Å². The fourth-order valence-electron chi connectivity index (χ4n) is 3.11. The highest BCUT2D eigenvalue weighted by Gasteiger charge is 2.25. The van der Waals surface area contributed by atoms with Crippen LogP contribution in [0.2, 0.25) is 0 Å². The van der Waals surface area contributed by atoms with E-state index in [9.17, 15) is 9.18 Å². The number of halogens is 1. The second kappa shape index (κ2) is 7.01. The van der Waals surface area contributed by atoms with Crippen LogP contribution in [0.25, 0.3) is 0 Å². The highest BCUT2D eigenvalue weighted by atomic mass is 32.1. The average molecular weight is 371 g/mol.